The van der Waals surface area contributed by atoms with E-state index >= 15 is 0 Å². The zero-order valence-electron chi connectivity index (χ0n) is 8.90. The molecule has 0 aliphatic carbocycles. The molecule has 82 valence electrons. The van der Waals surface area contributed by atoms with Gasteiger partial charge in [-0.3, -0.25) is 14.3 Å². The molecule has 0 radical (unpaired) electrons. The highest BCUT2D eigenvalue weighted by molar-refractivity contribution is 5.75. The van der Waals surface area contributed by atoms with Gasteiger partial charge in [-0.25, -0.2) is 0 Å². The Bertz CT molecular complexity index is 358. The minimum atomic E-state index is -0.227. The number of nitrogens with zero attached hydrogens (tertiary/aromatic N) is 2. The number of methoxy groups -OCH3 is 1. The van der Waals surface area contributed by atoms with Gasteiger partial charge < -0.3 is 4.74 Å². The summed E-state index contributed by atoms with van der Waals surface area (Å²) < 4.78 is 6.18. The van der Waals surface area contributed by atoms with Gasteiger partial charge in [0.2, 0.25) is 0 Å². The highest BCUT2D eigenvalue weighted by Crippen LogP contribution is 2.03. The van der Waals surface area contributed by atoms with Crippen molar-refractivity contribution in [3.05, 3.63) is 17.5 Å². The fourth-order valence-electron chi connectivity index (χ4n) is 1.25. The summed E-state index contributed by atoms with van der Waals surface area (Å²) in [4.78, 5) is 21.4. The number of aryl methyl sites for hydroxylation is 2. The number of aldehydes is 1. The van der Waals surface area contributed by atoms with E-state index in [9.17, 15) is 9.59 Å². The topological polar surface area (TPSA) is 61.2 Å². The third-order valence-electron chi connectivity index (χ3n) is 2.11. The van der Waals surface area contributed by atoms with Crippen molar-refractivity contribution < 1.29 is 14.3 Å². The third kappa shape index (κ3) is 3.19. The molecule has 0 aromatic carbocycles. The lowest BCUT2D eigenvalue weighted by Gasteiger charge is -2.00. The molecule has 0 unspecified atom stereocenters. The van der Waals surface area contributed by atoms with Gasteiger partial charge in [-0.1, -0.05) is 0 Å². The van der Waals surface area contributed by atoms with Gasteiger partial charge in [0.15, 0.2) is 6.29 Å². The van der Waals surface area contributed by atoms with Gasteiger partial charge in [0.1, 0.15) is 0 Å². The van der Waals surface area contributed by atoms with Crippen LogP contribution in [0.25, 0.3) is 0 Å². The van der Waals surface area contributed by atoms with Crippen molar-refractivity contribution in [1.29, 1.82) is 0 Å². The Morgan fingerprint density at radius 1 is 1.67 bits per heavy atom. The summed E-state index contributed by atoms with van der Waals surface area (Å²) in [5.41, 5.74) is 1.30. The van der Waals surface area contributed by atoms with Gasteiger partial charge >= 0.3 is 5.97 Å². The first kappa shape index (κ1) is 11.4. The molecule has 0 N–H and O–H groups in total. The van der Waals surface area contributed by atoms with Crippen LogP contribution in [0.3, 0.4) is 0 Å². The Morgan fingerprint density at radius 3 is 2.93 bits per heavy atom. The normalized spacial score (nSPS) is 10.0. The van der Waals surface area contributed by atoms with E-state index < -0.39 is 0 Å². The molecule has 0 aliphatic heterocycles. The lowest BCUT2D eigenvalue weighted by atomic mass is 10.3. The fraction of sp³-hybridized carbons (Fsp3) is 0.500. The predicted octanol–water partition coefficient (Wildman–Crippen LogP) is 0.957. The molecule has 0 aliphatic rings. The van der Waals surface area contributed by atoms with Crippen LogP contribution in [0.5, 0.6) is 0 Å². The smallest absolute Gasteiger partial charge is 0.305 e. The quantitative estimate of drug-likeness (QED) is 0.536. The molecule has 0 fully saturated rings. The van der Waals surface area contributed by atoms with E-state index in [0.717, 1.165) is 6.29 Å². The molecule has 0 spiro atoms. The monoisotopic (exact) mass is 210 g/mol. The van der Waals surface area contributed by atoms with E-state index in [2.05, 4.69) is 9.84 Å². The molecule has 0 saturated carbocycles. The predicted molar refractivity (Wildman–Crippen MR) is 53.6 cm³/mol. The Hall–Kier alpha value is -1.65. The summed E-state index contributed by atoms with van der Waals surface area (Å²) in [6, 6.07) is 0. The van der Waals surface area contributed by atoms with Crippen LogP contribution < -0.4 is 0 Å². The van der Waals surface area contributed by atoms with Crippen molar-refractivity contribution in [2.45, 2.75) is 26.3 Å². The highest BCUT2D eigenvalue weighted by Gasteiger charge is 2.04. The van der Waals surface area contributed by atoms with Crippen molar-refractivity contribution in [3.8, 4) is 0 Å². The van der Waals surface area contributed by atoms with E-state index in [0.29, 0.717) is 30.6 Å². The summed E-state index contributed by atoms with van der Waals surface area (Å²) in [6.45, 7) is 2.39. The van der Waals surface area contributed by atoms with Crippen LogP contribution in [0.2, 0.25) is 0 Å². The highest BCUT2D eigenvalue weighted by atomic mass is 16.5. The van der Waals surface area contributed by atoms with Crippen molar-refractivity contribution in [1.82, 2.24) is 9.78 Å². The van der Waals surface area contributed by atoms with Crippen LogP contribution in [0.1, 0.15) is 28.9 Å². The Morgan fingerprint density at radius 2 is 2.40 bits per heavy atom. The minimum Gasteiger partial charge on any atom is -0.469 e. The number of hydrogen-bond donors (Lipinski definition) is 0. The first-order valence-electron chi connectivity index (χ1n) is 4.73. The van der Waals surface area contributed by atoms with Crippen LogP contribution in [-0.2, 0) is 16.1 Å². The maximum Gasteiger partial charge on any atom is 0.305 e. The van der Waals surface area contributed by atoms with E-state index in [1.807, 2.05) is 0 Å². The van der Waals surface area contributed by atoms with Crippen LogP contribution >= 0.6 is 0 Å². The fourth-order valence-corrected chi connectivity index (χ4v) is 1.25. The lowest BCUT2D eigenvalue weighted by molar-refractivity contribution is -0.140. The van der Waals surface area contributed by atoms with Crippen molar-refractivity contribution in [2.75, 3.05) is 7.11 Å². The molecule has 5 heteroatoms. The number of rotatable bonds is 5. The number of esters is 1. The summed E-state index contributed by atoms with van der Waals surface area (Å²) in [5, 5.41) is 4.14. The van der Waals surface area contributed by atoms with Crippen LogP contribution in [0.15, 0.2) is 6.20 Å². The van der Waals surface area contributed by atoms with E-state index in [4.69, 9.17) is 0 Å². The molecule has 0 bridgehead atoms. The molecular weight excluding hydrogens is 196 g/mol. The number of hydrogen-bond acceptors (Lipinski definition) is 4. The van der Waals surface area contributed by atoms with E-state index in [1.165, 1.54) is 7.11 Å². The standard InChI is InChI=1S/C10H14N2O3/c1-8-9(7-13)6-12(11-8)5-3-4-10(14)15-2/h6-7H,3-5H2,1-2H3. The summed E-state index contributed by atoms with van der Waals surface area (Å²) in [6.07, 6.45) is 3.48. The zero-order valence-corrected chi connectivity index (χ0v) is 8.90. The van der Waals surface area contributed by atoms with Crippen molar-refractivity contribution >= 4 is 12.3 Å². The molecule has 0 amide bonds. The van der Waals surface area contributed by atoms with Crippen LogP contribution in [0, 0.1) is 6.92 Å². The molecule has 0 atom stereocenters. The summed E-state index contributed by atoms with van der Waals surface area (Å²) >= 11 is 0. The maximum absolute atomic E-state index is 10.8. The second-order valence-electron chi connectivity index (χ2n) is 3.23. The van der Waals surface area contributed by atoms with Gasteiger partial charge in [-0.15, -0.1) is 0 Å². The van der Waals surface area contributed by atoms with Gasteiger partial charge in [-0.05, 0) is 13.3 Å². The van der Waals surface area contributed by atoms with Crippen LogP contribution in [0.4, 0.5) is 0 Å². The second-order valence-corrected chi connectivity index (χ2v) is 3.23. The molecule has 1 aromatic heterocycles. The largest absolute Gasteiger partial charge is 0.469 e. The molecule has 1 rings (SSSR count). The number of aromatic nitrogens is 2. The number of carbonyl (C=O) groups excluding carboxylic acids is 2. The number of ether oxygens (including phenoxy) is 1. The minimum absolute atomic E-state index is 0.227. The van der Waals surface area contributed by atoms with Gasteiger partial charge in [0, 0.05) is 19.2 Å². The summed E-state index contributed by atoms with van der Waals surface area (Å²) in [7, 11) is 1.37. The SMILES string of the molecule is COC(=O)CCCn1cc(C=O)c(C)n1. The van der Waals surface area contributed by atoms with Gasteiger partial charge in [0.25, 0.3) is 0 Å². The molecular formula is C10H14N2O3. The van der Waals surface area contributed by atoms with E-state index in [-0.39, 0.29) is 5.97 Å². The lowest BCUT2D eigenvalue weighted by Crippen LogP contribution is -2.04. The molecule has 15 heavy (non-hydrogen) atoms. The Balaban J connectivity index is 2.44. The molecule has 0 saturated heterocycles. The number of carbonyl (C=O) groups is 2. The Labute approximate surface area is 88.0 Å². The first-order chi connectivity index (χ1) is 7.17. The van der Waals surface area contributed by atoms with Gasteiger partial charge in [0.05, 0.1) is 18.4 Å². The first-order valence-corrected chi connectivity index (χ1v) is 4.73. The van der Waals surface area contributed by atoms with E-state index in [1.54, 1.807) is 17.8 Å². The van der Waals surface area contributed by atoms with Crippen LogP contribution in [-0.4, -0.2) is 29.1 Å². The zero-order chi connectivity index (χ0) is 11.3. The molecule has 5 nitrogen and oxygen atoms in total. The van der Waals surface area contributed by atoms with Crippen molar-refractivity contribution in [3.63, 3.8) is 0 Å². The molecule has 1 aromatic rings. The average Bonchev–Trinajstić information content (AvgIpc) is 2.58. The molecule has 1 heterocycles. The van der Waals surface area contributed by atoms with Crippen molar-refractivity contribution in [2.24, 2.45) is 0 Å². The van der Waals surface area contributed by atoms with Gasteiger partial charge in [-0.2, -0.15) is 5.10 Å². The summed E-state index contributed by atoms with van der Waals surface area (Å²) in [5.74, 6) is -0.227. The second kappa shape index (κ2) is 5.29. The average molecular weight is 210 g/mol. The third-order valence-corrected chi connectivity index (χ3v) is 2.11. The maximum atomic E-state index is 10.8. The Kier molecular flexibility index (Phi) is 4.03.